The number of rotatable bonds is 8. The summed E-state index contributed by atoms with van der Waals surface area (Å²) in [5, 5.41) is 11.1. The third kappa shape index (κ3) is 8.59. The second-order valence-electron chi connectivity index (χ2n) is 8.88. The molecule has 0 bridgehead atoms. The molecule has 0 spiro atoms. The summed E-state index contributed by atoms with van der Waals surface area (Å²) in [5.41, 5.74) is -5.25. The van der Waals surface area contributed by atoms with Crippen molar-refractivity contribution in [1.82, 2.24) is 4.90 Å². The van der Waals surface area contributed by atoms with E-state index in [1.807, 2.05) is 0 Å². The Morgan fingerprint density at radius 2 is 1.71 bits per heavy atom. The number of ether oxygens (including phenoxy) is 1. The molecule has 1 unspecified atom stereocenters. The van der Waals surface area contributed by atoms with Crippen LogP contribution >= 0.6 is 11.6 Å². The van der Waals surface area contributed by atoms with E-state index >= 15 is 0 Å². The molecule has 0 heterocycles. The van der Waals surface area contributed by atoms with Crippen LogP contribution in [0.4, 0.5) is 18.0 Å². The van der Waals surface area contributed by atoms with Gasteiger partial charge in [0.15, 0.2) is 0 Å². The molecule has 0 radical (unpaired) electrons. The van der Waals surface area contributed by atoms with Gasteiger partial charge in [-0.25, -0.2) is 4.79 Å². The number of benzene rings is 2. The van der Waals surface area contributed by atoms with Crippen molar-refractivity contribution in [2.24, 2.45) is 0 Å². The summed E-state index contributed by atoms with van der Waals surface area (Å²) in [6.07, 6.45) is -1.50. The molecule has 0 aliphatic rings. The minimum absolute atomic E-state index is 0.110. The average molecular weight is 538 g/mol. The third-order valence-corrected chi connectivity index (χ3v) is 5.92. The summed E-state index contributed by atoms with van der Waals surface area (Å²) >= 11 is 6.00. The standard InChI is InChI=1S/C23H27ClF3NO6S/c1-15(12-16-8-10-19(11-9-16)34-35(31,32)23(25,26)27)28(21(30)33-22(2,3)4)14-20(29)17-6-5-7-18(24)13-17/h5-11,13,15,20,29H,12,14H2,1-4H3/t15?,20-/m1/s1. The summed E-state index contributed by atoms with van der Waals surface area (Å²) in [4.78, 5) is 14.2. The Labute approximate surface area is 207 Å². The fourth-order valence-corrected chi connectivity index (χ4v) is 3.72. The Morgan fingerprint density at radius 1 is 1.11 bits per heavy atom. The summed E-state index contributed by atoms with van der Waals surface area (Å²) in [7, 11) is -5.78. The number of nitrogens with zero attached hydrogens (tertiary/aromatic N) is 1. The van der Waals surface area contributed by atoms with E-state index in [9.17, 15) is 31.5 Å². The number of amides is 1. The highest BCUT2D eigenvalue weighted by molar-refractivity contribution is 7.88. The number of hydrogen-bond acceptors (Lipinski definition) is 6. The second kappa shape index (κ2) is 11.0. The summed E-state index contributed by atoms with van der Waals surface area (Å²) in [6, 6.07) is 11.0. The van der Waals surface area contributed by atoms with Crippen molar-refractivity contribution in [2.75, 3.05) is 6.54 Å². The lowest BCUT2D eigenvalue weighted by molar-refractivity contribution is -0.0500. The molecular weight excluding hydrogens is 511 g/mol. The van der Waals surface area contributed by atoms with Crippen LogP contribution in [0.15, 0.2) is 48.5 Å². The van der Waals surface area contributed by atoms with Crippen LogP contribution in [0.3, 0.4) is 0 Å². The van der Waals surface area contributed by atoms with Gasteiger partial charge in [0.1, 0.15) is 11.4 Å². The molecule has 2 atom stereocenters. The highest BCUT2D eigenvalue weighted by atomic mass is 35.5. The Kier molecular flexibility index (Phi) is 9.07. The first-order chi connectivity index (χ1) is 16.0. The van der Waals surface area contributed by atoms with Crippen LogP contribution in [0.5, 0.6) is 5.75 Å². The molecule has 0 saturated heterocycles. The summed E-state index contributed by atoms with van der Waals surface area (Å²) in [6.45, 7) is 6.72. The number of aliphatic hydroxyl groups excluding tert-OH is 1. The van der Waals surface area contributed by atoms with Crippen molar-refractivity contribution in [3.8, 4) is 5.75 Å². The first kappa shape index (κ1) is 28.7. The SMILES string of the molecule is CC(Cc1ccc(OS(=O)(=O)C(F)(F)F)cc1)N(C[C@@H](O)c1cccc(Cl)c1)C(=O)OC(C)(C)C. The normalized spacial score (nSPS) is 14.2. The van der Waals surface area contributed by atoms with Gasteiger partial charge in [0, 0.05) is 11.1 Å². The van der Waals surface area contributed by atoms with E-state index in [4.69, 9.17) is 16.3 Å². The van der Waals surface area contributed by atoms with Gasteiger partial charge in [-0.3, -0.25) is 0 Å². The molecular formula is C23H27ClF3NO6S. The van der Waals surface area contributed by atoms with Gasteiger partial charge >= 0.3 is 21.7 Å². The van der Waals surface area contributed by atoms with E-state index in [-0.39, 0.29) is 13.0 Å². The van der Waals surface area contributed by atoms with E-state index < -0.39 is 45.2 Å². The van der Waals surface area contributed by atoms with Crippen molar-refractivity contribution in [3.05, 3.63) is 64.7 Å². The van der Waals surface area contributed by atoms with Crippen molar-refractivity contribution in [1.29, 1.82) is 0 Å². The molecule has 2 aromatic rings. The van der Waals surface area contributed by atoms with Crippen molar-refractivity contribution in [3.63, 3.8) is 0 Å². The van der Waals surface area contributed by atoms with Crippen LogP contribution < -0.4 is 4.18 Å². The minimum atomic E-state index is -5.78. The zero-order valence-electron chi connectivity index (χ0n) is 19.5. The van der Waals surface area contributed by atoms with E-state index in [0.29, 0.717) is 16.1 Å². The number of halogens is 4. The molecule has 2 aromatic carbocycles. The quantitative estimate of drug-likeness (QED) is 0.354. The van der Waals surface area contributed by atoms with Gasteiger partial charge in [0.05, 0.1) is 12.6 Å². The van der Waals surface area contributed by atoms with E-state index in [0.717, 1.165) is 12.1 Å². The predicted octanol–water partition coefficient (Wildman–Crippen LogP) is 5.47. The van der Waals surface area contributed by atoms with Crippen LogP contribution in [0.2, 0.25) is 5.02 Å². The lowest BCUT2D eigenvalue weighted by Gasteiger charge is -2.33. The highest BCUT2D eigenvalue weighted by Gasteiger charge is 2.48. The Balaban J connectivity index is 2.19. The zero-order chi connectivity index (χ0) is 26.6. The first-order valence-electron chi connectivity index (χ1n) is 10.5. The van der Waals surface area contributed by atoms with Crippen LogP contribution in [0, 0.1) is 0 Å². The molecule has 7 nitrogen and oxygen atoms in total. The Bertz CT molecular complexity index is 1120. The van der Waals surface area contributed by atoms with Crippen LogP contribution in [0.25, 0.3) is 0 Å². The first-order valence-corrected chi connectivity index (χ1v) is 12.3. The van der Waals surface area contributed by atoms with Crippen LogP contribution in [-0.2, 0) is 21.3 Å². The summed E-state index contributed by atoms with van der Waals surface area (Å²) < 4.78 is 69.4. The molecule has 0 fully saturated rings. The van der Waals surface area contributed by atoms with Gasteiger partial charge in [-0.05, 0) is 69.5 Å². The van der Waals surface area contributed by atoms with Crippen molar-refractivity contribution >= 4 is 27.8 Å². The highest BCUT2D eigenvalue weighted by Crippen LogP contribution is 2.28. The number of carbonyl (C=O) groups is 1. The second-order valence-corrected chi connectivity index (χ2v) is 10.9. The number of carbonyl (C=O) groups excluding carboxylic acids is 1. The largest absolute Gasteiger partial charge is 0.534 e. The molecule has 0 aromatic heterocycles. The molecule has 12 heteroatoms. The molecule has 1 amide bonds. The fraction of sp³-hybridized carbons (Fsp3) is 0.435. The third-order valence-electron chi connectivity index (χ3n) is 4.71. The number of hydrogen-bond donors (Lipinski definition) is 1. The lowest BCUT2D eigenvalue weighted by atomic mass is 10.0. The molecule has 2 rings (SSSR count). The van der Waals surface area contributed by atoms with Crippen LogP contribution in [0.1, 0.15) is 44.9 Å². The van der Waals surface area contributed by atoms with Gasteiger partial charge in [0.2, 0.25) is 0 Å². The van der Waals surface area contributed by atoms with Crippen LogP contribution in [-0.4, -0.2) is 48.2 Å². The zero-order valence-corrected chi connectivity index (χ0v) is 21.1. The molecule has 35 heavy (non-hydrogen) atoms. The lowest BCUT2D eigenvalue weighted by Crippen LogP contribution is -2.45. The van der Waals surface area contributed by atoms with Gasteiger partial charge in [0.25, 0.3) is 0 Å². The van der Waals surface area contributed by atoms with Crippen molar-refractivity contribution < 1.29 is 40.4 Å². The predicted molar refractivity (Wildman–Crippen MR) is 125 cm³/mol. The maximum absolute atomic E-state index is 12.9. The molecule has 0 aliphatic carbocycles. The topological polar surface area (TPSA) is 93.1 Å². The maximum atomic E-state index is 12.9. The number of aliphatic hydroxyl groups is 1. The van der Waals surface area contributed by atoms with Gasteiger partial charge in [-0.1, -0.05) is 35.9 Å². The van der Waals surface area contributed by atoms with Crippen molar-refractivity contribution in [2.45, 2.75) is 57.4 Å². The molecule has 1 N–H and O–H groups in total. The maximum Gasteiger partial charge on any atom is 0.534 e. The molecule has 0 saturated carbocycles. The average Bonchev–Trinajstić information content (AvgIpc) is 2.70. The van der Waals surface area contributed by atoms with E-state index in [2.05, 4.69) is 4.18 Å². The van der Waals surface area contributed by atoms with Gasteiger partial charge < -0.3 is 18.9 Å². The summed E-state index contributed by atoms with van der Waals surface area (Å²) in [5.74, 6) is -0.501. The fourth-order valence-electron chi connectivity index (χ4n) is 3.07. The number of alkyl halides is 3. The molecule has 194 valence electrons. The minimum Gasteiger partial charge on any atom is -0.444 e. The monoisotopic (exact) mass is 537 g/mol. The van der Waals surface area contributed by atoms with E-state index in [1.54, 1.807) is 52.0 Å². The van der Waals surface area contributed by atoms with E-state index in [1.165, 1.54) is 17.0 Å². The van der Waals surface area contributed by atoms with Gasteiger partial charge in [-0.2, -0.15) is 21.6 Å². The molecule has 0 aliphatic heterocycles. The smallest absolute Gasteiger partial charge is 0.444 e. The Morgan fingerprint density at radius 3 is 2.23 bits per heavy atom. The Hall–Kier alpha value is -2.50. The van der Waals surface area contributed by atoms with Gasteiger partial charge in [-0.15, -0.1) is 0 Å².